The monoisotopic (exact) mass is 334 g/mol. The molecule has 1 N–H and O–H groups in total. The van der Waals surface area contributed by atoms with Crippen molar-refractivity contribution in [2.75, 3.05) is 40.8 Å². The molecule has 1 aliphatic heterocycles. The van der Waals surface area contributed by atoms with Gasteiger partial charge in [0.1, 0.15) is 0 Å². The first-order chi connectivity index (χ1) is 11.4. The van der Waals surface area contributed by atoms with Crippen molar-refractivity contribution in [1.29, 1.82) is 0 Å². The van der Waals surface area contributed by atoms with Gasteiger partial charge in [-0.25, -0.2) is 0 Å². The Balaban J connectivity index is 1.93. The van der Waals surface area contributed by atoms with Crippen molar-refractivity contribution in [2.24, 2.45) is 18.0 Å². The minimum Gasteiger partial charge on any atom is -0.356 e. The van der Waals surface area contributed by atoms with Crippen LogP contribution in [0.1, 0.15) is 43.9 Å². The van der Waals surface area contributed by atoms with Crippen LogP contribution in [0.5, 0.6) is 0 Å². The van der Waals surface area contributed by atoms with Crippen molar-refractivity contribution in [3.8, 4) is 0 Å². The lowest BCUT2D eigenvalue weighted by Gasteiger charge is -2.31. The van der Waals surface area contributed by atoms with Crippen LogP contribution in [0.2, 0.25) is 0 Å². The maximum atomic E-state index is 4.60. The van der Waals surface area contributed by atoms with Gasteiger partial charge >= 0.3 is 0 Å². The third-order valence-corrected chi connectivity index (χ3v) is 4.74. The number of hydrogen-bond donors (Lipinski definition) is 1. The van der Waals surface area contributed by atoms with Crippen LogP contribution in [0, 0.1) is 5.92 Å². The molecule has 0 aliphatic carbocycles. The summed E-state index contributed by atoms with van der Waals surface area (Å²) < 4.78 is 1.91. The van der Waals surface area contributed by atoms with E-state index in [9.17, 15) is 0 Å². The van der Waals surface area contributed by atoms with E-state index in [1.165, 1.54) is 37.2 Å². The van der Waals surface area contributed by atoms with Crippen LogP contribution in [0.25, 0.3) is 0 Å². The van der Waals surface area contributed by atoms with Gasteiger partial charge in [0, 0.05) is 52.5 Å². The fraction of sp³-hybridized carbons (Fsp3) is 0.778. The second-order valence-electron chi connectivity index (χ2n) is 7.42. The van der Waals surface area contributed by atoms with E-state index in [0.717, 1.165) is 19.0 Å². The molecule has 0 bridgehead atoms. The second kappa shape index (κ2) is 8.51. The molecule has 0 saturated carbocycles. The lowest BCUT2D eigenvalue weighted by molar-refractivity contribution is 0.209. The van der Waals surface area contributed by atoms with Crippen LogP contribution in [-0.4, -0.2) is 66.3 Å². The molecule has 1 unspecified atom stereocenters. The number of piperidine rings is 1. The van der Waals surface area contributed by atoms with Gasteiger partial charge in [0.05, 0.1) is 5.69 Å². The molecule has 136 valence electrons. The summed E-state index contributed by atoms with van der Waals surface area (Å²) in [4.78, 5) is 9.07. The van der Waals surface area contributed by atoms with E-state index in [1.54, 1.807) is 0 Å². The van der Waals surface area contributed by atoms with Gasteiger partial charge in [-0.15, -0.1) is 0 Å². The highest BCUT2D eigenvalue weighted by Crippen LogP contribution is 2.19. The van der Waals surface area contributed by atoms with Gasteiger partial charge in [0.2, 0.25) is 0 Å². The summed E-state index contributed by atoms with van der Waals surface area (Å²) in [5, 5.41) is 8.16. The van der Waals surface area contributed by atoms with Crippen molar-refractivity contribution in [2.45, 2.75) is 39.2 Å². The number of nitrogens with zero attached hydrogens (tertiary/aromatic N) is 5. The summed E-state index contributed by atoms with van der Waals surface area (Å²) in [5.41, 5.74) is 2.45. The molecular formula is C18H34N6. The minimum absolute atomic E-state index is 0.433. The number of nitrogens with one attached hydrogen (secondary N) is 1. The van der Waals surface area contributed by atoms with Crippen molar-refractivity contribution in [1.82, 2.24) is 24.9 Å². The Morgan fingerprint density at radius 2 is 2.21 bits per heavy atom. The average Bonchev–Trinajstić information content (AvgIpc) is 2.88. The van der Waals surface area contributed by atoms with Gasteiger partial charge in [0.25, 0.3) is 0 Å². The maximum Gasteiger partial charge on any atom is 0.193 e. The predicted octanol–water partition coefficient (Wildman–Crippen LogP) is 1.89. The molecule has 6 nitrogen and oxygen atoms in total. The van der Waals surface area contributed by atoms with Crippen LogP contribution in [0.15, 0.2) is 11.2 Å². The van der Waals surface area contributed by atoms with E-state index in [1.807, 2.05) is 18.8 Å². The molecule has 6 heteroatoms. The third kappa shape index (κ3) is 4.97. The van der Waals surface area contributed by atoms with E-state index >= 15 is 0 Å². The highest BCUT2D eigenvalue weighted by molar-refractivity contribution is 5.79. The fourth-order valence-corrected chi connectivity index (χ4v) is 3.55. The third-order valence-electron chi connectivity index (χ3n) is 4.74. The zero-order valence-electron chi connectivity index (χ0n) is 16.2. The largest absolute Gasteiger partial charge is 0.356 e. The van der Waals surface area contributed by atoms with E-state index in [-0.39, 0.29) is 0 Å². The zero-order valence-corrected chi connectivity index (χ0v) is 16.2. The fourth-order valence-electron chi connectivity index (χ4n) is 3.55. The highest BCUT2D eigenvalue weighted by Gasteiger charge is 2.19. The van der Waals surface area contributed by atoms with Gasteiger partial charge in [-0.05, 0) is 38.3 Å². The van der Waals surface area contributed by atoms with E-state index in [0.29, 0.717) is 11.8 Å². The molecule has 2 heterocycles. The first-order valence-corrected chi connectivity index (χ1v) is 9.03. The summed E-state index contributed by atoms with van der Waals surface area (Å²) in [6.07, 6.45) is 4.72. The number of rotatable bonds is 5. The van der Waals surface area contributed by atoms with Gasteiger partial charge in [-0.1, -0.05) is 13.8 Å². The van der Waals surface area contributed by atoms with Gasteiger partial charge < -0.3 is 15.1 Å². The second-order valence-corrected chi connectivity index (χ2v) is 7.42. The number of aryl methyl sites for hydroxylation is 1. The Morgan fingerprint density at radius 1 is 1.46 bits per heavy atom. The lowest BCUT2D eigenvalue weighted by Crippen LogP contribution is -2.44. The molecule has 1 fully saturated rings. The quantitative estimate of drug-likeness (QED) is 0.660. The van der Waals surface area contributed by atoms with Gasteiger partial charge in [0.15, 0.2) is 5.96 Å². The molecule has 0 aromatic carbocycles. The average molecular weight is 335 g/mol. The molecule has 1 aromatic heterocycles. The molecular weight excluding hydrogens is 300 g/mol. The van der Waals surface area contributed by atoms with Crippen molar-refractivity contribution >= 4 is 5.96 Å². The summed E-state index contributed by atoms with van der Waals surface area (Å²) in [6, 6.07) is 0. The molecule has 0 amide bonds. The van der Waals surface area contributed by atoms with Crippen molar-refractivity contribution < 1.29 is 0 Å². The first-order valence-electron chi connectivity index (χ1n) is 9.03. The summed E-state index contributed by atoms with van der Waals surface area (Å²) in [6.45, 7) is 8.60. The van der Waals surface area contributed by atoms with Crippen molar-refractivity contribution in [3.05, 3.63) is 17.5 Å². The summed E-state index contributed by atoms with van der Waals surface area (Å²) in [7, 11) is 8.16. The summed E-state index contributed by atoms with van der Waals surface area (Å²) >= 11 is 0. The summed E-state index contributed by atoms with van der Waals surface area (Å²) in [5.74, 6) is 2.10. The lowest BCUT2D eigenvalue weighted by atomic mass is 9.98. The highest BCUT2D eigenvalue weighted by atomic mass is 15.3. The molecule has 1 saturated heterocycles. The molecule has 1 aliphatic rings. The molecule has 0 spiro atoms. The molecule has 1 atom stereocenters. The number of guanidine groups is 1. The van der Waals surface area contributed by atoms with E-state index in [2.05, 4.69) is 59.3 Å². The van der Waals surface area contributed by atoms with Crippen LogP contribution >= 0.6 is 0 Å². The number of likely N-dealkylation sites (tertiary alicyclic amines) is 1. The first kappa shape index (κ1) is 18.8. The molecule has 24 heavy (non-hydrogen) atoms. The number of aliphatic imine (C=N–C) groups is 1. The number of aromatic nitrogens is 2. The van der Waals surface area contributed by atoms with Crippen molar-refractivity contribution in [3.63, 3.8) is 0 Å². The zero-order chi connectivity index (χ0) is 17.7. The minimum atomic E-state index is 0.433. The van der Waals surface area contributed by atoms with Crippen LogP contribution in [0.3, 0.4) is 0 Å². The smallest absolute Gasteiger partial charge is 0.193 e. The standard InChI is InChI=1S/C18H34N6/c1-14(2)17-16(13-24(6)21-17)12-23(5)18(19-3)20-10-15-8-7-9-22(4)11-15/h13-15H,7-12H2,1-6H3,(H,19,20). The SMILES string of the molecule is CN=C(NCC1CCCN(C)C1)N(C)Cc1cn(C)nc1C(C)C. The van der Waals surface area contributed by atoms with E-state index in [4.69, 9.17) is 0 Å². The van der Waals surface area contributed by atoms with Crippen LogP contribution in [-0.2, 0) is 13.6 Å². The topological polar surface area (TPSA) is 48.7 Å². The Hall–Kier alpha value is -1.56. The Labute approximate surface area is 146 Å². The Bertz CT molecular complexity index is 548. The van der Waals surface area contributed by atoms with Gasteiger partial charge in [-0.2, -0.15) is 5.10 Å². The Morgan fingerprint density at radius 3 is 2.83 bits per heavy atom. The Kier molecular flexibility index (Phi) is 6.66. The van der Waals surface area contributed by atoms with Crippen LogP contribution < -0.4 is 5.32 Å². The van der Waals surface area contributed by atoms with Crippen LogP contribution in [0.4, 0.5) is 0 Å². The molecule has 1 aromatic rings. The van der Waals surface area contributed by atoms with Gasteiger partial charge in [-0.3, -0.25) is 9.67 Å². The number of hydrogen-bond acceptors (Lipinski definition) is 3. The molecule has 2 rings (SSSR count). The van der Waals surface area contributed by atoms with E-state index < -0.39 is 0 Å². The maximum absolute atomic E-state index is 4.60. The molecule has 0 radical (unpaired) electrons. The normalized spacial score (nSPS) is 19.8. The predicted molar refractivity (Wildman–Crippen MR) is 100 cm³/mol.